The number of likely N-dealkylation sites (tertiary alicyclic amines) is 1. The van der Waals surface area contributed by atoms with E-state index in [0.717, 1.165) is 41.2 Å². The second-order valence-corrected chi connectivity index (χ2v) is 6.23. The maximum atomic E-state index is 12.6. The van der Waals surface area contributed by atoms with E-state index in [1.807, 2.05) is 35.0 Å². The van der Waals surface area contributed by atoms with E-state index in [1.54, 1.807) is 0 Å². The van der Waals surface area contributed by atoms with Crippen molar-refractivity contribution >= 4 is 26.7 Å². The molecule has 19 heavy (non-hydrogen) atoms. The van der Waals surface area contributed by atoms with E-state index in [-0.39, 0.29) is 5.56 Å². The average Bonchev–Trinajstić information content (AvgIpc) is 2.39. The molecule has 1 aliphatic heterocycles. The fourth-order valence-corrected chi connectivity index (χ4v) is 3.27. The molecule has 0 radical (unpaired) electrons. The van der Waals surface area contributed by atoms with Gasteiger partial charge in [0.15, 0.2) is 0 Å². The highest BCUT2D eigenvalue weighted by Crippen LogP contribution is 2.21. The van der Waals surface area contributed by atoms with Crippen molar-refractivity contribution in [2.75, 3.05) is 20.1 Å². The molecule has 0 bridgehead atoms. The van der Waals surface area contributed by atoms with E-state index in [2.05, 4.69) is 27.9 Å². The smallest absolute Gasteiger partial charge is 0.258 e. The van der Waals surface area contributed by atoms with Crippen LogP contribution in [0.4, 0.5) is 0 Å². The monoisotopic (exact) mass is 320 g/mol. The van der Waals surface area contributed by atoms with Crippen LogP contribution in [0.2, 0.25) is 0 Å². The first kappa shape index (κ1) is 12.9. The van der Waals surface area contributed by atoms with Crippen LogP contribution < -0.4 is 5.56 Å². The predicted octanol–water partition coefficient (Wildman–Crippen LogP) is 3.03. The number of nitrogens with zero attached hydrogens (tertiary/aromatic N) is 2. The maximum absolute atomic E-state index is 12.6. The van der Waals surface area contributed by atoms with Crippen LogP contribution in [0, 0.1) is 0 Å². The molecule has 2 heterocycles. The van der Waals surface area contributed by atoms with E-state index in [1.165, 1.54) is 0 Å². The summed E-state index contributed by atoms with van der Waals surface area (Å²) in [5, 5.41) is 1.80. The third kappa shape index (κ3) is 2.47. The van der Waals surface area contributed by atoms with Crippen molar-refractivity contribution in [3.8, 4) is 0 Å². The Labute approximate surface area is 121 Å². The van der Waals surface area contributed by atoms with Crippen LogP contribution in [0.1, 0.15) is 18.9 Å². The number of rotatable bonds is 1. The first-order valence-electron chi connectivity index (χ1n) is 6.64. The summed E-state index contributed by atoms with van der Waals surface area (Å²) < 4.78 is 2.92. The lowest BCUT2D eigenvalue weighted by Crippen LogP contribution is -2.37. The summed E-state index contributed by atoms with van der Waals surface area (Å²) >= 11 is 3.44. The molecule has 1 aromatic carbocycles. The van der Waals surface area contributed by atoms with Gasteiger partial charge in [-0.1, -0.05) is 15.9 Å². The lowest BCUT2D eigenvalue weighted by atomic mass is 10.1. The Hall–Kier alpha value is -1.13. The van der Waals surface area contributed by atoms with Crippen LogP contribution in [0.5, 0.6) is 0 Å². The molecule has 3 rings (SSSR count). The standard InChI is InChI=1S/C15H17BrN2O/c1-17-7-2-3-13(10-17)18-8-6-11-9-12(16)4-5-14(11)15(18)19/h4-6,8-9,13H,2-3,7,10H2,1H3/t13-/m0/s1. The minimum absolute atomic E-state index is 0.130. The molecule has 4 heteroatoms. The number of piperidine rings is 1. The molecule has 0 amide bonds. The van der Waals surface area contributed by atoms with Crippen LogP contribution in [-0.2, 0) is 0 Å². The lowest BCUT2D eigenvalue weighted by Gasteiger charge is -2.31. The number of fused-ring (bicyclic) bond motifs is 1. The molecule has 0 N–H and O–H groups in total. The van der Waals surface area contributed by atoms with Crippen molar-refractivity contribution in [3.63, 3.8) is 0 Å². The zero-order valence-corrected chi connectivity index (χ0v) is 12.6. The van der Waals surface area contributed by atoms with Crippen molar-refractivity contribution in [2.24, 2.45) is 0 Å². The molecule has 0 spiro atoms. The maximum Gasteiger partial charge on any atom is 0.258 e. The van der Waals surface area contributed by atoms with Crippen molar-refractivity contribution in [1.82, 2.24) is 9.47 Å². The van der Waals surface area contributed by atoms with Gasteiger partial charge in [0.05, 0.1) is 0 Å². The van der Waals surface area contributed by atoms with E-state index >= 15 is 0 Å². The molecular weight excluding hydrogens is 304 g/mol. The quantitative estimate of drug-likeness (QED) is 0.807. The summed E-state index contributed by atoms with van der Waals surface area (Å²) in [6, 6.07) is 8.18. The Morgan fingerprint density at radius 2 is 2.16 bits per heavy atom. The highest BCUT2D eigenvalue weighted by Gasteiger charge is 2.19. The minimum atomic E-state index is 0.130. The molecule has 1 fully saturated rings. The van der Waals surface area contributed by atoms with Gasteiger partial charge >= 0.3 is 0 Å². The number of aromatic nitrogens is 1. The van der Waals surface area contributed by atoms with E-state index in [9.17, 15) is 4.79 Å². The third-order valence-electron chi connectivity index (χ3n) is 3.89. The summed E-state index contributed by atoms with van der Waals surface area (Å²) in [5.74, 6) is 0. The molecule has 0 saturated carbocycles. The summed E-state index contributed by atoms with van der Waals surface area (Å²) in [4.78, 5) is 14.9. The topological polar surface area (TPSA) is 25.2 Å². The normalized spacial score (nSPS) is 20.8. The second-order valence-electron chi connectivity index (χ2n) is 5.32. The Kier molecular flexibility index (Phi) is 3.46. The van der Waals surface area contributed by atoms with E-state index in [4.69, 9.17) is 0 Å². The molecule has 1 atom stereocenters. The Morgan fingerprint density at radius 3 is 2.95 bits per heavy atom. The highest BCUT2D eigenvalue weighted by atomic mass is 79.9. The summed E-state index contributed by atoms with van der Waals surface area (Å²) in [5.41, 5.74) is 0.130. The van der Waals surface area contributed by atoms with Gasteiger partial charge in [-0.3, -0.25) is 4.79 Å². The van der Waals surface area contributed by atoms with Crippen molar-refractivity contribution in [3.05, 3.63) is 45.3 Å². The zero-order chi connectivity index (χ0) is 13.4. The number of hydrogen-bond acceptors (Lipinski definition) is 2. The van der Waals surface area contributed by atoms with Crippen LogP contribution in [-0.4, -0.2) is 29.6 Å². The Balaban J connectivity index is 2.07. The number of pyridine rings is 1. The van der Waals surface area contributed by atoms with Gasteiger partial charge in [-0.05, 0) is 56.1 Å². The molecule has 0 aliphatic carbocycles. The van der Waals surface area contributed by atoms with Gasteiger partial charge in [0.1, 0.15) is 0 Å². The first-order valence-corrected chi connectivity index (χ1v) is 7.43. The third-order valence-corrected chi connectivity index (χ3v) is 4.38. The van der Waals surface area contributed by atoms with Gasteiger partial charge < -0.3 is 9.47 Å². The van der Waals surface area contributed by atoms with Gasteiger partial charge in [-0.15, -0.1) is 0 Å². The highest BCUT2D eigenvalue weighted by molar-refractivity contribution is 9.10. The van der Waals surface area contributed by atoms with Crippen molar-refractivity contribution < 1.29 is 0 Å². The van der Waals surface area contributed by atoms with Crippen LogP contribution in [0.15, 0.2) is 39.7 Å². The van der Waals surface area contributed by atoms with Gasteiger partial charge in [0.25, 0.3) is 5.56 Å². The zero-order valence-electron chi connectivity index (χ0n) is 11.0. The molecule has 2 aromatic rings. The number of halogens is 1. The SMILES string of the molecule is CN1CCC[C@H](n2ccc3cc(Br)ccc3c2=O)C1. The van der Waals surface area contributed by atoms with E-state index in [0.29, 0.717) is 6.04 Å². The Morgan fingerprint density at radius 1 is 1.32 bits per heavy atom. The van der Waals surface area contributed by atoms with Crippen molar-refractivity contribution in [2.45, 2.75) is 18.9 Å². The van der Waals surface area contributed by atoms with Crippen molar-refractivity contribution in [1.29, 1.82) is 0 Å². The van der Waals surface area contributed by atoms with Crippen LogP contribution in [0.3, 0.4) is 0 Å². The first-order chi connectivity index (χ1) is 9.15. The predicted molar refractivity (Wildman–Crippen MR) is 81.7 cm³/mol. The van der Waals surface area contributed by atoms with Gasteiger partial charge in [0.2, 0.25) is 0 Å². The van der Waals surface area contributed by atoms with Gasteiger partial charge in [0, 0.05) is 28.6 Å². The molecule has 0 unspecified atom stereocenters. The molecule has 1 saturated heterocycles. The summed E-state index contributed by atoms with van der Waals surface area (Å²) in [6.45, 7) is 2.09. The van der Waals surface area contributed by atoms with Crippen LogP contribution in [0.25, 0.3) is 10.8 Å². The summed E-state index contributed by atoms with van der Waals surface area (Å²) in [7, 11) is 2.12. The second kappa shape index (κ2) is 5.10. The summed E-state index contributed by atoms with van der Waals surface area (Å²) in [6.07, 6.45) is 4.19. The number of likely N-dealkylation sites (N-methyl/N-ethyl adjacent to an activating group) is 1. The molecule has 3 nitrogen and oxygen atoms in total. The largest absolute Gasteiger partial charge is 0.311 e. The lowest BCUT2D eigenvalue weighted by molar-refractivity contribution is 0.210. The molecule has 1 aliphatic rings. The molecule has 1 aromatic heterocycles. The minimum Gasteiger partial charge on any atom is -0.311 e. The average molecular weight is 321 g/mol. The fraction of sp³-hybridized carbons (Fsp3) is 0.400. The van der Waals surface area contributed by atoms with Gasteiger partial charge in [-0.25, -0.2) is 0 Å². The van der Waals surface area contributed by atoms with Gasteiger partial charge in [-0.2, -0.15) is 0 Å². The molecular formula is C15H17BrN2O. The fourth-order valence-electron chi connectivity index (χ4n) is 2.89. The molecule has 100 valence electrons. The van der Waals surface area contributed by atoms with Crippen LogP contribution >= 0.6 is 15.9 Å². The number of hydrogen-bond donors (Lipinski definition) is 0. The van der Waals surface area contributed by atoms with E-state index < -0.39 is 0 Å². The Bertz CT molecular complexity index is 665. The number of benzene rings is 1.